The van der Waals surface area contributed by atoms with Crippen LogP contribution in [0.4, 0.5) is 0 Å². The van der Waals surface area contributed by atoms with E-state index in [9.17, 15) is 0 Å². The largest absolute Gasteiger partial charge is 0.329 e. The van der Waals surface area contributed by atoms with Gasteiger partial charge in [0.25, 0.3) is 0 Å². The molecule has 0 radical (unpaired) electrons. The smallest absolute Gasteiger partial charge is 0.0338 e. The van der Waals surface area contributed by atoms with Crippen LogP contribution in [0.2, 0.25) is 0 Å². The van der Waals surface area contributed by atoms with E-state index >= 15 is 0 Å². The fourth-order valence-corrected chi connectivity index (χ4v) is 4.40. The zero-order chi connectivity index (χ0) is 14.6. The summed E-state index contributed by atoms with van der Waals surface area (Å²) >= 11 is 1.86. The zero-order valence-electron chi connectivity index (χ0n) is 13.3. The van der Waals surface area contributed by atoms with Gasteiger partial charge in [-0.2, -0.15) is 0 Å². The van der Waals surface area contributed by atoms with E-state index in [1.54, 1.807) is 0 Å². The van der Waals surface area contributed by atoms with Crippen molar-refractivity contribution >= 4 is 11.3 Å². The molecule has 0 aliphatic heterocycles. The minimum atomic E-state index is 0.226. The van der Waals surface area contributed by atoms with Gasteiger partial charge in [-0.05, 0) is 56.9 Å². The summed E-state index contributed by atoms with van der Waals surface area (Å²) in [7, 11) is 0. The molecule has 114 valence electrons. The molecule has 1 fully saturated rings. The van der Waals surface area contributed by atoms with Crippen LogP contribution in [-0.2, 0) is 6.54 Å². The van der Waals surface area contributed by atoms with Crippen LogP contribution in [-0.4, -0.2) is 23.0 Å². The molecule has 0 spiro atoms. The summed E-state index contributed by atoms with van der Waals surface area (Å²) in [5.74, 6) is 0.922. The Morgan fingerprint density at radius 3 is 2.55 bits per heavy atom. The molecule has 2 nitrogen and oxygen atoms in total. The molecule has 0 amide bonds. The fourth-order valence-electron chi connectivity index (χ4n) is 3.70. The minimum Gasteiger partial charge on any atom is -0.329 e. The molecule has 0 saturated heterocycles. The Kier molecular flexibility index (Phi) is 5.65. The third kappa shape index (κ3) is 3.44. The van der Waals surface area contributed by atoms with Crippen molar-refractivity contribution in [1.29, 1.82) is 0 Å². The zero-order valence-corrected chi connectivity index (χ0v) is 14.1. The van der Waals surface area contributed by atoms with Crippen LogP contribution in [0, 0.1) is 5.92 Å². The molecule has 1 saturated carbocycles. The van der Waals surface area contributed by atoms with Gasteiger partial charge < -0.3 is 5.73 Å². The van der Waals surface area contributed by atoms with E-state index in [2.05, 4.69) is 43.2 Å². The minimum absolute atomic E-state index is 0.226. The van der Waals surface area contributed by atoms with Crippen LogP contribution < -0.4 is 5.73 Å². The van der Waals surface area contributed by atoms with E-state index in [4.69, 9.17) is 5.73 Å². The van der Waals surface area contributed by atoms with Gasteiger partial charge in [0.05, 0.1) is 0 Å². The number of rotatable bonds is 6. The lowest BCUT2D eigenvalue weighted by molar-refractivity contribution is 0.0112. The molecule has 0 atom stereocenters. The number of nitrogens with two attached hydrogens (primary N) is 1. The highest BCUT2D eigenvalue weighted by atomic mass is 32.1. The maximum atomic E-state index is 6.25. The van der Waals surface area contributed by atoms with E-state index in [0.29, 0.717) is 6.04 Å². The molecule has 0 unspecified atom stereocenters. The van der Waals surface area contributed by atoms with Gasteiger partial charge in [0, 0.05) is 29.5 Å². The molecule has 1 aliphatic rings. The second-order valence-corrected chi connectivity index (χ2v) is 7.61. The predicted molar refractivity (Wildman–Crippen MR) is 89.0 cm³/mol. The first kappa shape index (κ1) is 16.0. The van der Waals surface area contributed by atoms with Crippen molar-refractivity contribution in [3.8, 4) is 0 Å². The Morgan fingerprint density at radius 1 is 1.40 bits per heavy atom. The third-order valence-corrected chi connectivity index (χ3v) is 5.99. The lowest BCUT2D eigenvalue weighted by Gasteiger charge is -2.49. The standard InChI is InChI=1S/C17H30N2S/c1-4-15-7-9-17(13-18,10-8-15)19(14(2)3)12-16-6-5-11-20-16/h5-6,11,14-15H,4,7-10,12-13,18H2,1-3H3. The predicted octanol–water partition coefficient (Wildman–Crippen LogP) is 4.26. The van der Waals surface area contributed by atoms with Gasteiger partial charge in [-0.15, -0.1) is 11.3 Å². The summed E-state index contributed by atoms with van der Waals surface area (Å²) in [4.78, 5) is 4.13. The van der Waals surface area contributed by atoms with Crippen molar-refractivity contribution < 1.29 is 0 Å². The Labute approximate surface area is 128 Å². The fraction of sp³-hybridized carbons (Fsp3) is 0.765. The molecule has 20 heavy (non-hydrogen) atoms. The first-order valence-electron chi connectivity index (χ1n) is 8.10. The van der Waals surface area contributed by atoms with Gasteiger partial charge in [-0.25, -0.2) is 0 Å². The van der Waals surface area contributed by atoms with E-state index in [1.807, 2.05) is 11.3 Å². The highest BCUT2D eigenvalue weighted by Gasteiger charge is 2.40. The summed E-state index contributed by atoms with van der Waals surface area (Å²) < 4.78 is 0. The maximum Gasteiger partial charge on any atom is 0.0338 e. The highest BCUT2D eigenvalue weighted by Crippen LogP contribution is 2.39. The average Bonchev–Trinajstić information content (AvgIpc) is 2.98. The Morgan fingerprint density at radius 2 is 2.10 bits per heavy atom. The SMILES string of the molecule is CCC1CCC(CN)(N(Cc2cccs2)C(C)C)CC1. The molecule has 3 heteroatoms. The van der Waals surface area contributed by atoms with Gasteiger partial charge >= 0.3 is 0 Å². The monoisotopic (exact) mass is 294 g/mol. The molecular weight excluding hydrogens is 264 g/mol. The summed E-state index contributed by atoms with van der Waals surface area (Å²) in [6.07, 6.45) is 6.56. The van der Waals surface area contributed by atoms with E-state index < -0.39 is 0 Å². The number of hydrogen-bond donors (Lipinski definition) is 1. The number of nitrogens with zero attached hydrogens (tertiary/aromatic N) is 1. The Balaban J connectivity index is 2.13. The van der Waals surface area contributed by atoms with Gasteiger partial charge in [0.1, 0.15) is 0 Å². The van der Waals surface area contributed by atoms with E-state index in [0.717, 1.165) is 19.0 Å². The van der Waals surface area contributed by atoms with Crippen LogP contribution in [0.25, 0.3) is 0 Å². The lowest BCUT2D eigenvalue weighted by Crippen LogP contribution is -2.57. The van der Waals surface area contributed by atoms with Crippen LogP contribution in [0.1, 0.15) is 57.8 Å². The van der Waals surface area contributed by atoms with Crippen molar-refractivity contribution in [3.63, 3.8) is 0 Å². The molecule has 1 aromatic rings. The molecule has 1 aliphatic carbocycles. The molecule has 1 aromatic heterocycles. The van der Waals surface area contributed by atoms with Crippen LogP contribution >= 0.6 is 11.3 Å². The summed E-state index contributed by atoms with van der Waals surface area (Å²) in [5.41, 5.74) is 6.48. The quantitative estimate of drug-likeness (QED) is 0.849. The van der Waals surface area contributed by atoms with Crippen molar-refractivity contribution in [2.24, 2.45) is 11.7 Å². The van der Waals surface area contributed by atoms with Crippen molar-refractivity contribution in [2.75, 3.05) is 6.54 Å². The topological polar surface area (TPSA) is 29.3 Å². The van der Waals surface area contributed by atoms with Gasteiger partial charge in [-0.3, -0.25) is 4.90 Å². The normalized spacial score (nSPS) is 27.4. The maximum absolute atomic E-state index is 6.25. The van der Waals surface area contributed by atoms with Crippen LogP contribution in [0.15, 0.2) is 17.5 Å². The summed E-state index contributed by atoms with van der Waals surface area (Å²) in [5, 5.41) is 2.18. The molecule has 0 aromatic carbocycles. The van der Waals surface area contributed by atoms with Crippen molar-refractivity contribution in [1.82, 2.24) is 4.90 Å². The first-order chi connectivity index (χ1) is 9.61. The van der Waals surface area contributed by atoms with Crippen molar-refractivity contribution in [3.05, 3.63) is 22.4 Å². The van der Waals surface area contributed by atoms with Crippen LogP contribution in [0.5, 0.6) is 0 Å². The molecular formula is C17H30N2S. The first-order valence-corrected chi connectivity index (χ1v) is 8.98. The van der Waals surface area contributed by atoms with Gasteiger partial charge in [-0.1, -0.05) is 19.4 Å². The Bertz CT molecular complexity index is 378. The Hall–Kier alpha value is -0.380. The second-order valence-electron chi connectivity index (χ2n) is 6.58. The van der Waals surface area contributed by atoms with Gasteiger partial charge in [0.15, 0.2) is 0 Å². The highest BCUT2D eigenvalue weighted by molar-refractivity contribution is 7.09. The molecule has 2 N–H and O–H groups in total. The summed E-state index contributed by atoms with van der Waals surface area (Å²) in [6.45, 7) is 8.82. The van der Waals surface area contributed by atoms with E-state index in [1.165, 1.54) is 37.0 Å². The third-order valence-electron chi connectivity index (χ3n) is 5.13. The number of hydrogen-bond acceptors (Lipinski definition) is 3. The van der Waals surface area contributed by atoms with Gasteiger partial charge in [0.2, 0.25) is 0 Å². The van der Waals surface area contributed by atoms with Crippen molar-refractivity contribution in [2.45, 2.75) is 71.0 Å². The second kappa shape index (κ2) is 7.06. The average molecular weight is 295 g/mol. The molecule has 1 heterocycles. The summed E-state index contributed by atoms with van der Waals surface area (Å²) in [6, 6.07) is 4.96. The molecule has 0 bridgehead atoms. The lowest BCUT2D eigenvalue weighted by atomic mass is 9.74. The number of thiophene rings is 1. The molecule has 2 rings (SSSR count). The van der Waals surface area contributed by atoms with E-state index in [-0.39, 0.29) is 5.54 Å². The van der Waals surface area contributed by atoms with Crippen LogP contribution in [0.3, 0.4) is 0 Å².